The van der Waals surface area contributed by atoms with Crippen LogP contribution in [0.4, 0.5) is 0 Å². The van der Waals surface area contributed by atoms with Crippen LogP contribution >= 0.6 is 0 Å². The van der Waals surface area contributed by atoms with Crippen LogP contribution in [0.5, 0.6) is 0 Å². The first-order valence-corrected chi connectivity index (χ1v) is 6.33. The molecule has 0 fully saturated rings. The van der Waals surface area contributed by atoms with Crippen LogP contribution < -0.4 is 5.73 Å². The normalized spacial score (nSPS) is 11.9. The van der Waals surface area contributed by atoms with Gasteiger partial charge in [-0.15, -0.1) is 0 Å². The van der Waals surface area contributed by atoms with E-state index in [1.54, 1.807) is 0 Å². The van der Waals surface area contributed by atoms with Crippen molar-refractivity contribution in [2.75, 3.05) is 0 Å². The molecule has 0 radical (unpaired) electrons. The molecule has 1 heterocycles. The van der Waals surface area contributed by atoms with Crippen LogP contribution in [0.3, 0.4) is 0 Å². The van der Waals surface area contributed by atoms with Crippen molar-refractivity contribution in [2.24, 2.45) is 5.73 Å². The smallest absolute Gasteiger partial charge is 0.0706 e. The summed E-state index contributed by atoms with van der Waals surface area (Å²) in [5.74, 6) is 6.22. The van der Waals surface area contributed by atoms with E-state index < -0.39 is 0 Å². The van der Waals surface area contributed by atoms with Crippen molar-refractivity contribution in [3.8, 4) is 11.8 Å². The second-order valence-corrected chi connectivity index (χ2v) is 4.52. The van der Waals surface area contributed by atoms with Gasteiger partial charge in [0, 0.05) is 16.6 Å². The molecule has 2 rings (SSSR count). The second-order valence-electron chi connectivity index (χ2n) is 4.52. The Labute approximate surface area is 108 Å². The number of aromatic nitrogens is 1. The van der Waals surface area contributed by atoms with Gasteiger partial charge >= 0.3 is 0 Å². The summed E-state index contributed by atoms with van der Waals surface area (Å²) in [6, 6.07) is 10.1. The van der Waals surface area contributed by atoms with E-state index in [4.69, 9.17) is 5.73 Å². The van der Waals surface area contributed by atoms with Crippen LogP contribution in [0.15, 0.2) is 30.3 Å². The molecule has 18 heavy (non-hydrogen) atoms. The summed E-state index contributed by atoms with van der Waals surface area (Å²) < 4.78 is 0. The Morgan fingerprint density at radius 1 is 1.28 bits per heavy atom. The van der Waals surface area contributed by atoms with Crippen LogP contribution in [0.2, 0.25) is 0 Å². The SMILES string of the molecule is CCCC(N)C#Cc1ccc2nc(C)ccc2c1. The van der Waals surface area contributed by atoms with E-state index in [1.807, 2.05) is 25.1 Å². The fraction of sp³-hybridized carbons (Fsp3) is 0.312. The van der Waals surface area contributed by atoms with Gasteiger partial charge in [-0.2, -0.15) is 0 Å². The van der Waals surface area contributed by atoms with Gasteiger partial charge in [0.25, 0.3) is 0 Å². The molecule has 2 N–H and O–H groups in total. The van der Waals surface area contributed by atoms with Crippen LogP contribution in [0, 0.1) is 18.8 Å². The molecule has 0 saturated carbocycles. The predicted molar refractivity (Wildman–Crippen MR) is 76.2 cm³/mol. The van der Waals surface area contributed by atoms with E-state index in [0.29, 0.717) is 0 Å². The highest BCUT2D eigenvalue weighted by Gasteiger charge is 1.97. The number of rotatable bonds is 2. The first-order valence-electron chi connectivity index (χ1n) is 6.33. The van der Waals surface area contributed by atoms with Gasteiger partial charge in [0.05, 0.1) is 11.6 Å². The summed E-state index contributed by atoms with van der Waals surface area (Å²) in [6.45, 7) is 4.11. The molecule has 1 unspecified atom stereocenters. The van der Waals surface area contributed by atoms with E-state index in [9.17, 15) is 0 Å². The molecule has 2 nitrogen and oxygen atoms in total. The highest BCUT2D eigenvalue weighted by molar-refractivity contribution is 5.80. The third-order valence-corrected chi connectivity index (χ3v) is 2.83. The number of hydrogen-bond donors (Lipinski definition) is 1. The molecule has 0 amide bonds. The van der Waals surface area contributed by atoms with Crippen LogP contribution in [0.1, 0.15) is 31.0 Å². The van der Waals surface area contributed by atoms with Crippen LogP contribution in [-0.2, 0) is 0 Å². The molecule has 0 aliphatic rings. The number of aryl methyl sites for hydroxylation is 1. The first kappa shape index (κ1) is 12.6. The number of fused-ring (bicyclic) bond motifs is 1. The number of pyridine rings is 1. The molecule has 2 heteroatoms. The second kappa shape index (κ2) is 5.66. The molecular weight excluding hydrogens is 220 g/mol. The summed E-state index contributed by atoms with van der Waals surface area (Å²) >= 11 is 0. The van der Waals surface area contributed by atoms with Crippen molar-refractivity contribution in [3.63, 3.8) is 0 Å². The Balaban J connectivity index is 2.27. The summed E-state index contributed by atoms with van der Waals surface area (Å²) in [6.07, 6.45) is 2.01. The Morgan fingerprint density at radius 2 is 2.11 bits per heavy atom. The lowest BCUT2D eigenvalue weighted by atomic mass is 10.1. The molecule has 0 aliphatic heterocycles. The van der Waals surface area contributed by atoms with Crippen molar-refractivity contribution in [3.05, 3.63) is 41.6 Å². The highest BCUT2D eigenvalue weighted by Crippen LogP contribution is 2.14. The topological polar surface area (TPSA) is 38.9 Å². The molecular formula is C16H18N2. The minimum atomic E-state index is -0.0261. The zero-order valence-corrected chi connectivity index (χ0v) is 10.9. The first-order chi connectivity index (χ1) is 8.69. The molecule has 2 aromatic rings. The fourth-order valence-electron chi connectivity index (χ4n) is 1.86. The van der Waals surface area contributed by atoms with Gasteiger partial charge < -0.3 is 5.73 Å². The highest BCUT2D eigenvalue weighted by atomic mass is 14.7. The summed E-state index contributed by atoms with van der Waals surface area (Å²) in [7, 11) is 0. The van der Waals surface area contributed by atoms with Gasteiger partial charge in [-0.25, -0.2) is 0 Å². The summed E-state index contributed by atoms with van der Waals surface area (Å²) in [5, 5.41) is 1.12. The maximum absolute atomic E-state index is 5.88. The molecule has 0 saturated heterocycles. The fourth-order valence-corrected chi connectivity index (χ4v) is 1.86. The predicted octanol–water partition coefficient (Wildman–Crippen LogP) is 3.02. The summed E-state index contributed by atoms with van der Waals surface area (Å²) in [4.78, 5) is 4.47. The minimum Gasteiger partial charge on any atom is -0.318 e. The Hall–Kier alpha value is -1.85. The van der Waals surface area contributed by atoms with Gasteiger partial charge in [0.15, 0.2) is 0 Å². The number of nitrogens with two attached hydrogens (primary N) is 1. The van der Waals surface area contributed by atoms with E-state index >= 15 is 0 Å². The zero-order chi connectivity index (χ0) is 13.0. The standard InChI is InChI=1S/C16H18N2/c1-3-4-15(17)9-6-13-7-10-16-14(11-13)8-5-12(2)18-16/h5,7-8,10-11,15H,3-4,17H2,1-2H3. The average molecular weight is 238 g/mol. The van der Waals surface area contributed by atoms with Crippen LogP contribution in [-0.4, -0.2) is 11.0 Å². The lowest BCUT2D eigenvalue weighted by Crippen LogP contribution is -2.16. The maximum atomic E-state index is 5.88. The number of benzene rings is 1. The largest absolute Gasteiger partial charge is 0.318 e. The number of hydrogen-bond acceptors (Lipinski definition) is 2. The zero-order valence-electron chi connectivity index (χ0n) is 10.9. The van der Waals surface area contributed by atoms with Gasteiger partial charge in [0.2, 0.25) is 0 Å². The Bertz CT molecular complexity index is 605. The molecule has 92 valence electrons. The average Bonchev–Trinajstić information content (AvgIpc) is 2.36. The van der Waals surface area contributed by atoms with E-state index in [2.05, 4.69) is 35.9 Å². The van der Waals surface area contributed by atoms with Crippen LogP contribution in [0.25, 0.3) is 10.9 Å². The summed E-state index contributed by atoms with van der Waals surface area (Å²) in [5.41, 5.74) is 8.92. The van der Waals surface area contributed by atoms with Gasteiger partial charge in [-0.1, -0.05) is 31.3 Å². The third kappa shape index (κ3) is 3.09. The van der Waals surface area contributed by atoms with Crippen molar-refractivity contribution in [2.45, 2.75) is 32.7 Å². The van der Waals surface area contributed by atoms with Crippen molar-refractivity contribution in [1.82, 2.24) is 4.98 Å². The monoisotopic (exact) mass is 238 g/mol. The lowest BCUT2D eigenvalue weighted by Gasteiger charge is -2.01. The quantitative estimate of drug-likeness (QED) is 0.817. The van der Waals surface area contributed by atoms with Crippen molar-refractivity contribution in [1.29, 1.82) is 0 Å². The Kier molecular flexibility index (Phi) is 3.96. The van der Waals surface area contributed by atoms with Gasteiger partial charge in [-0.3, -0.25) is 4.98 Å². The Morgan fingerprint density at radius 3 is 2.89 bits per heavy atom. The van der Waals surface area contributed by atoms with E-state index in [-0.39, 0.29) is 6.04 Å². The molecule has 1 aromatic heterocycles. The van der Waals surface area contributed by atoms with Crippen molar-refractivity contribution >= 4 is 10.9 Å². The molecule has 1 atom stereocenters. The van der Waals surface area contributed by atoms with E-state index in [0.717, 1.165) is 35.0 Å². The van der Waals surface area contributed by atoms with E-state index in [1.165, 1.54) is 0 Å². The van der Waals surface area contributed by atoms with Crippen molar-refractivity contribution < 1.29 is 0 Å². The maximum Gasteiger partial charge on any atom is 0.0706 e. The molecule has 0 aliphatic carbocycles. The third-order valence-electron chi connectivity index (χ3n) is 2.83. The lowest BCUT2D eigenvalue weighted by molar-refractivity contribution is 0.720. The number of nitrogens with zero attached hydrogens (tertiary/aromatic N) is 1. The molecule has 0 spiro atoms. The molecule has 0 bridgehead atoms. The minimum absolute atomic E-state index is 0.0261. The molecule has 1 aromatic carbocycles. The van der Waals surface area contributed by atoms with Gasteiger partial charge in [0.1, 0.15) is 0 Å². The van der Waals surface area contributed by atoms with Gasteiger partial charge in [-0.05, 0) is 37.6 Å².